The number of hydrogen-bond acceptors (Lipinski definition) is 5. The van der Waals surface area contributed by atoms with Crippen molar-refractivity contribution in [3.8, 4) is 5.75 Å². The van der Waals surface area contributed by atoms with Gasteiger partial charge in [0.15, 0.2) is 0 Å². The lowest BCUT2D eigenvalue weighted by atomic mass is 9.91. The molecule has 6 heteroatoms. The van der Waals surface area contributed by atoms with Crippen LogP contribution in [0.3, 0.4) is 0 Å². The first kappa shape index (κ1) is 25.5. The third-order valence-electron chi connectivity index (χ3n) is 6.51. The van der Waals surface area contributed by atoms with Gasteiger partial charge in [0.1, 0.15) is 5.75 Å². The zero-order chi connectivity index (χ0) is 24.8. The Morgan fingerprint density at radius 2 is 1.77 bits per heavy atom. The molecule has 186 valence electrons. The molecule has 3 aromatic rings. The summed E-state index contributed by atoms with van der Waals surface area (Å²) in [5, 5.41) is 20.7. The van der Waals surface area contributed by atoms with E-state index in [4.69, 9.17) is 21.1 Å². The number of nitrogens with zero attached hydrogens (tertiary/aromatic N) is 1. The maximum Gasteiger partial charge on any atom is 0.119 e. The fraction of sp³-hybridized carbons (Fsp3) is 0.379. The molecular weight excluding hydrogens is 462 g/mol. The second kappa shape index (κ2) is 11.9. The van der Waals surface area contributed by atoms with Gasteiger partial charge in [-0.2, -0.15) is 0 Å². The van der Waals surface area contributed by atoms with Crippen LogP contribution >= 0.6 is 11.6 Å². The molecule has 5 nitrogen and oxygen atoms in total. The van der Waals surface area contributed by atoms with E-state index in [0.29, 0.717) is 24.5 Å². The predicted molar refractivity (Wildman–Crippen MR) is 140 cm³/mol. The Morgan fingerprint density at radius 3 is 2.43 bits per heavy atom. The third-order valence-corrected chi connectivity index (χ3v) is 6.86. The molecule has 2 N–H and O–H groups in total. The van der Waals surface area contributed by atoms with Crippen LogP contribution in [0.1, 0.15) is 55.5 Å². The van der Waals surface area contributed by atoms with Crippen LogP contribution < -0.4 is 9.64 Å². The first-order chi connectivity index (χ1) is 17.0. The lowest BCUT2D eigenvalue weighted by Gasteiger charge is -2.36. The van der Waals surface area contributed by atoms with Crippen LogP contribution in [0.25, 0.3) is 0 Å². The Hall–Kier alpha value is -2.57. The molecule has 35 heavy (non-hydrogen) atoms. The molecule has 1 aliphatic rings. The summed E-state index contributed by atoms with van der Waals surface area (Å²) in [6.07, 6.45) is -0.259. The van der Waals surface area contributed by atoms with E-state index in [1.54, 1.807) is 0 Å². The van der Waals surface area contributed by atoms with Gasteiger partial charge in [-0.15, -0.1) is 0 Å². The maximum absolute atomic E-state index is 10.4. The second-order valence-corrected chi connectivity index (χ2v) is 9.27. The standard InChI is InChI=1S/C29H34ClNO4/c1-3-31(22-8-6-5-7-9-22)29(20-10-13-24(14-11-20)34-4-2)26-16-21(12-15-27(26)30)28-18-23(33)17-25(19-32)35-28/h5-16,23,25,28-29,32-33H,3-4,17-19H2,1-2H3/t23?,25?,28-,29?/m1/s1. The van der Waals surface area contributed by atoms with Crippen LogP contribution in [0.4, 0.5) is 5.69 Å². The van der Waals surface area contributed by atoms with E-state index >= 15 is 0 Å². The fourth-order valence-electron chi connectivity index (χ4n) is 4.87. The average molecular weight is 496 g/mol. The Labute approximate surface area is 212 Å². The zero-order valence-corrected chi connectivity index (χ0v) is 21.1. The van der Waals surface area contributed by atoms with Gasteiger partial charge in [0.2, 0.25) is 0 Å². The highest BCUT2D eigenvalue weighted by Crippen LogP contribution is 2.40. The molecule has 0 aliphatic carbocycles. The summed E-state index contributed by atoms with van der Waals surface area (Å²) in [5.74, 6) is 0.831. The number of benzene rings is 3. The van der Waals surface area contributed by atoms with Crippen molar-refractivity contribution in [3.63, 3.8) is 0 Å². The molecule has 1 fully saturated rings. The van der Waals surface area contributed by atoms with Crippen molar-refractivity contribution in [1.29, 1.82) is 0 Å². The minimum absolute atomic E-state index is 0.111. The van der Waals surface area contributed by atoms with Crippen LogP contribution in [0, 0.1) is 0 Å². The first-order valence-corrected chi connectivity index (χ1v) is 12.7. The van der Waals surface area contributed by atoms with Crippen LogP contribution in [-0.2, 0) is 4.74 Å². The molecule has 1 heterocycles. The van der Waals surface area contributed by atoms with Crippen LogP contribution in [-0.4, -0.2) is 42.2 Å². The number of aliphatic hydroxyl groups is 2. The minimum atomic E-state index is -0.511. The highest BCUT2D eigenvalue weighted by atomic mass is 35.5. The molecular formula is C29H34ClNO4. The number of aliphatic hydroxyl groups excluding tert-OH is 2. The molecule has 4 atom stereocenters. The van der Waals surface area contributed by atoms with Gasteiger partial charge in [-0.25, -0.2) is 0 Å². The molecule has 1 saturated heterocycles. The van der Waals surface area contributed by atoms with Gasteiger partial charge in [-0.1, -0.05) is 48.0 Å². The Morgan fingerprint density at radius 1 is 1.03 bits per heavy atom. The smallest absolute Gasteiger partial charge is 0.119 e. The van der Waals surface area contributed by atoms with Gasteiger partial charge in [0.25, 0.3) is 0 Å². The van der Waals surface area contributed by atoms with Gasteiger partial charge in [-0.3, -0.25) is 0 Å². The number of para-hydroxylation sites is 1. The van der Waals surface area contributed by atoms with Crippen LogP contribution in [0.2, 0.25) is 5.02 Å². The third kappa shape index (κ3) is 5.99. The van der Waals surface area contributed by atoms with E-state index in [1.165, 1.54) is 0 Å². The van der Waals surface area contributed by atoms with Crippen molar-refractivity contribution in [3.05, 3.63) is 94.5 Å². The van der Waals surface area contributed by atoms with Crippen molar-refractivity contribution in [2.75, 3.05) is 24.7 Å². The van der Waals surface area contributed by atoms with Crippen molar-refractivity contribution in [2.24, 2.45) is 0 Å². The number of halogens is 1. The van der Waals surface area contributed by atoms with E-state index in [1.807, 2.05) is 49.4 Å². The molecule has 0 amide bonds. The second-order valence-electron chi connectivity index (χ2n) is 8.86. The van der Waals surface area contributed by atoms with Gasteiger partial charge >= 0.3 is 0 Å². The molecule has 4 rings (SSSR count). The van der Waals surface area contributed by atoms with Crippen LogP contribution in [0.5, 0.6) is 5.75 Å². The van der Waals surface area contributed by atoms with Gasteiger partial charge in [0.05, 0.1) is 37.6 Å². The topological polar surface area (TPSA) is 62.2 Å². The summed E-state index contributed by atoms with van der Waals surface area (Å²) in [5.41, 5.74) is 4.10. The quantitative estimate of drug-likeness (QED) is 0.385. The molecule has 3 aromatic carbocycles. The summed E-state index contributed by atoms with van der Waals surface area (Å²) in [7, 11) is 0. The van der Waals surface area contributed by atoms with Gasteiger partial charge in [-0.05, 0) is 66.9 Å². The summed E-state index contributed by atoms with van der Waals surface area (Å²) >= 11 is 6.85. The Kier molecular flexibility index (Phi) is 8.69. The SMILES string of the molecule is CCOc1ccc(C(c2cc([C@H]3CC(O)CC(CO)O3)ccc2Cl)N(CC)c2ccccc2)cc1. The molecule has 0 spiro atoms. The van der Waals surface area contributed by atoms with Crippen molar-refractivity contribution in [1.82, 2.24) is 0 Å². The van der Waals surface area contributed by atoms with Gasteiger partial charge < -0.3 is 24.6 Å². The lowest BCUT2D eigenvalue weighted by Crippen LogP contribution is -2.33. The number of ether oxygens (including phenoxy) is 2. The fourth-order valence-corrected chi connectivity index (χ4v) is 5.09. The summed E-state index contributed by atoms with van der Waals surface area (Å²) in [4.78, 5) is 2.33. The monoisotopic (exact) mass is 495 g/mol. The molecule has 0 aromatic heterocycles. The molecule has 3 unspecified atom stereocenters. The summed E-state index contributed by atoms with van der Waals surface area (Å²) < 4.78 is 11.8. The number of rotatable bonds is 9. The molecule has 1 aliphatic heterocycles. The van der Waals surface area contributed by atoms with E-state index in [0.717, 1.165) is 34.7 Å². The van der Waals surface area contributed by atoms with Crippen LogP contribution in [0.15, 0.2) is 72.8 Å². The Balaban J connectivity index is 1.78. The normalized spacial score (nSPS) is 20.9. The number of hydrogen-bond donors (Lipinski definition) is 2. The Bertz CT molecular complexity index is 1080. The molecule has 0 radical (unpaired) electrons. The first-order valence-electron chi connectivity index (χ1n) is 12.3. The van der Waals surface area contributed by atoms with Crippen molar-refractivity contribution >= 4 is 17.3 Å². The van der Waals surface area contributed by atoms with Gasteiger partial charge in [0, 0.05) is 30.1 Å². The maximum atomic E-state index is 10.4. The highest BCUT2D eigenvalue weighted by molar-refractivity contribution is 6.31. The van der Waals surface area contributed by atoms with E-state index < -0.39 is 6.10 Å². The predicted octanol–water partition coefficient (Wildman–Crippen LogP) is 5.93. The largest absolute Gasteiger partial charge is 0.494 e. The zero-order valence-electron chi connectivity index (χ0n) is 20.3. The number of anilines is 1. The minimum Gasteiger partial charge on any atom is -0.494 e. The molecule has 0 bridgehead atoms. The summed E-state index contributed by atoms with van der Waals surface area (Å²) in [6, 6.07) is 24.3. The van der Waals surface area contributed by atoms with Crippen molar-refractivity contribution in [2.45, 2.75) is 51.0 Å². The van der Waals surface area contributed by atoms with E-state index in [9.17, 15) is 10.2 Å². The van der Waals surface area contributed by atoms with E-state index in [-0.39, 0.29) is 24.9 Å². The lowest BCUT2D eigenvalue weighted by molar-refractivity contribution is -0.113. The highest BCUT2D eigenvalue weighted by Gasteiger charge is 2.31. The van der Waals surface area contributed by atoms with Crippen molar-refractivity contribution < 1.29 is 19.7 Å². The average Bonchev–Trinajstić information content (AvgIpc) is 2.88. The van der Waals surface area contributed by atoms with E-state index in [2.05, 4.69) is 42.2 Å². The molecule has 0 saturated carbocycles. The summed E-state index contributed by atoms with van der Waals surface area (Å²) in [6.45, 7) is 5.39.